The van der Waals surface area contributed by atoms with Gasteiger partial charge in [0.25, 0.3) is 5.91 Å². The second kappa shape index (κ2) is 9.50. The van der Waals surface area contributed by atoms with E-state index in [4.69, 9.17) is 0 Å². The highest BCUT2D eigenvalue weighted by atomic mass is 32.2. The Bertz CT molecular complexity index is 1130. The number of amides is 2. The van der Waals surface area contributed by atoms with Crippen molar-refractivity contribution in [3.05, 3.63) is 66.2 Å². The molecule has 3 aliphatic rings. The molecule has 0 aromatic heterocycles. The van der Waals surface area contributed by atoms with E-state index in [1.807, 2.05) is 35.2 Å². The lowest BCUT2D eigenvalue weighted by Crippen LogP contribution is -2.56. The topological polar surface area (TPSA) is 78.0 Å². The molecule has 34 heavy (non-hydrogen) atoms. The van der Waals surface area contributed by atoms with Gasteiger partial charge in [-0.3, -0.25) is 9.59 Å². The van der Waals surface area contributed by atoms with Crippen LogP contribution in [0.25, 0.3) is 0 Å². The van der Waals surface area contributed by atoms with E-state index in [2.05, 4.69) is 0 Å². The van der Waals surface area contributed by atoms with Crippen molar-refractivity contribution in [2.75, 3.05) is 26.2 Å². The maximum Gasteiger partial charge on any atom is 0.254 e. The van der Waals surface area contributed by atoms with Gasteiger partial charge in [-0.1, -0.05) is 49.2 Å². The van der Waals surface area contributed by atoms with E-state index in [1.165, 1.54) is 4.31 Å². The van der Waals surface area contributed by atoms with E-state index >= 15 is 0 Å². The smallest absolute Gasteiger partial charge is 0.254 e. The molecule has 180 valence electrons. The van der Waals surface area contributed by atoms with Gasteiger partial charge in [-0.25, -0.2) is 8.42 Å². The molecule has 8 heteroatoms. The first kappa shape index (κ1) is 23.1. The Kier molecular flexibility index (Phi) is 6.44. The van der Waals surface area contributed by atoms with Crippen LogP contribution in [0.2, 0.25) is 0 Å². The highest BCUT2D eigenvalue weighted by Crippen LogP contribution is 2.41. The number of fused-ring (bicyclic) bond motifs is 1. The number of nitrogens with zero attached hydrogens (tertiary/aromatic N) is 3. The zero-order chi connectivity index (χ0) is 23.7. The summed E-state index contributed by atoms with van der Waals surface area (Å²) in [6.07, 6.45) is 4.92. The molecule has 3 fully saturated rings. The van der Waals surface area contributed by atoms with Crippen molar-refractivity contribution in [3.63, 3.8) is 0 Å². The summed E-state index contributed by atoms with van der Waals surface area (Å²) >= 11 is 0. The number of benzene rings is 2. The van der Waals surface area contributed by atoms with E-state index in [-0.39, 0.29) is 35.8 Å². The second-order valence-corrected chi connectivity index (χ2v) is 11.4. The summed E-state index contributed by atoms with van der Waals surface area (Å²) in [6.45, 7) is 1.19. The number of piperazine rings is 1. The van der Waals surface area contributed by atoms with Crippen LogP contribution in [0.15, 0.2) is 65.6 Å². The highest BCUT2D eigenvalue weighted by Gasteiger charge is 2.49. The molecule has 3 atom stereocenters. The van der Waals surface area contributed by atoms with Gasteiger partial charge in [0.1, 0.15) is 6.04 Å². The van der Waals surface area contributed by atoms with Gasteiger partial charge in [-0.2, -0.15) is 4.31 Å². The van der Waals surface area contributed by atoms with Crippen LogP contribution < -0.4 is 0 Å². The van der Waals surface area contributed by atoms with Gasteiger partial charge < -0.3 is 9.80 Å². The number of sulfonamides is 1. The quantitative estimate of drug-likeness (QED) is 0.673. The van der Waals surface area contributed by atoms with Crippen molar-refractivity contribution in [1.82, 2.24) is 14.1 Å². The molecule has 0 spiro atoms. The van der Waals surface area contributed by atoms with Crippen molar-refractivity contribution in [2.45, 2.75) is 49.1 Å². The van der Waals surface area contributed by atoms with E-state index in [0.29, 0.717) is 31.0 Å². The average molecular weight is 482 g/mol. The molecular formula is C26H31N3O4S. The van der Waals surface area contributed by atoms with Crippen LogP contribution in [0, 0.1) is 5.92 Å². The summed E-state index contributed by atoms with van der Waals surface area (Å²) in [7, 11) is -3.58. The van der Waals surface area contributed by atoms with Gasteiger partial charge in [-0.05, 0) is 49.4 Å². The number of hydrogen-bond donors (Lipinski definition) is 0. The molecule has 2 saturated heterocycles. The maximum absolute atomic E-state index is 13.7. The molecular weight excluding hydrogens is 450 g/mol. The molecule has 0 N–H and O–H groups in total. The van der Waals surface area contributed by atoms with Gasteiger partial charge in [-0.15, -0.1) is 0 Å². The third-order valence-electron chi connectivity index (χ3n) is 7.56. The standard InChI is InChI=1S/C26H31N3O4S/c30-25(20-9-3-1-4-10-20)29-23-14-8-7-11-21(23)19-24(29)26(31)27-15-17-28(18-16-27)34(32,33)22-12-5-2-6-13-22/h1-6,9-10,12-13,21,23-24H,7-8,11,14-19H2. The molecule has 1 aliphatic carbocycles. The number of carbonyl (C=O) groups is 2. The van der Waals surface area contributed by atoms with Crippen molar-refractivity contribution in [3.8, 4) is 0 Å². The molecule has 2 aromatic carbocycles. The second-order valence-electron chi connectivity index (χ2n) is 9.48. The van der Waals surface area contributed by atoms with Crippen LogP contribution in [0.3, 0.4) is 0 Å². The molecule has 2 aromatic rings. The van der Waals surface area contributed by atoms with Crippen molar-refractivity contribution in [2.24, 2.45) is 5.92 Å². The average Bonchev–Trinajstić information content (AvgIpc) is 3.28. The number of hydrogen-bond acceptors (Lipinski definition) is 4. The number of rotatable bonds is 4. The molecule has 2 heterocycles. The summed E-state index contributed by atoms with van der Waals surface area (Å²) in [5, 5.41) is 0. The van der Waals surface area contributed by atoms with Gasteiger partial charge in [0.15, 0.2) is 0 Å². The Balaban J connectivity index is 1.32. The van der Waals surface area contributed by atoms with Crippen LogP contribution in [-0.2, 0) is 14.8 Å². The van der Waals surface area contributed by atoms with Gasteiger partial charge in [0.2, 0.25) is 15.9 Å². The van der Waals surface area contributed by atoms with E-state index in [0.717, 1.165) is 25.7 Å². The Morgan fingerprint density at radius 1 is 0.794 bits per heavy atom. The molecule has 2 aliphatic heterocycles. The zero-order valence-electron chi connectivity index (χ0n) is 19.3. The third kappa shape index (κ3) is 4.25. The summed E-state index contributed by atoms with van der Waals surface area (Å²) in [5.41, 5.74) is 0.616. The minimum atomic E-state index is -3.58. The predicted octanol–water partition coefficient (Wildman–Crippen LogP) is 2.99. The SMILES string of the molecule is O=C(C1CC2CCCCC2N1C(=O)c1ccccc1)N1CCN(S(=O)(=O)c2ccccc2)CC1. The van der Waals surface area contributed by atoms with E-state index < -0.39 is 16.1 Å². The lowest BCUT2D eigenvalue weighted by Gasteiger charge is -2.38. The zero-order valence-corrected chi connectivity index (χ0v) is 20.1. The third-order valence-corrected chi connectivity index (χ3v) is 9.47. The molecule has 0 radical (unpaired) electrons. The lowest BCUT2D eigenvalue weighted by molar-refractivity contribution is -0.136. The monoisotopic (exact) mass is 481 g/mol. The highest BCUT2D eigenvalue weighted by molar-refractivity contribution is 7.89. The minimum Gasteiger partial charge on any atom is -0.338 e. The first-order chi connectivity index (χ1) is 16.5. The van der Waals surface area contributed by atoms with Crippen molar-refractivity contribution < 1.29 is 18.0 Å². The van der Waals surface area contributed by atoms with Crippen LogP contribution in [0.1, 0.15) is 42.5 Å². The summed E-state index contributed by atoms with van der Waals surface area (Å²) in [6, 6.07) is 17.3. The van der Waals surface area contributed by atoms with Crippen LogP contribution in [-0.4, -0.2) is 72.6 Å². The minimum absolute atomic E-state index is 0.0459. The number of likely N-dealkylation sites (tertiary alicyclic amines) is 1. The first-order valence-electron chi connectivity index (χ1n) is 12.2. The van der Waals surface area contributed by atoms with E-state index in [1.54, 1.807) is 35.2 Å². The van der Waals surface area contributed by atoms with Gasteiger partial charge in [0.05, 0.1) is 4.90 Å². The molecule has 5 rings (SSSR count). The summed E-state index contributed by atoms with van der Waals surface area (Å²) < 4.78 is 27.4. The van der Waals surface area contributed by atoms with Crippen LogP contribution in [0.4, 0.5) is 0 Å². The van der Waals surface area contributed by atoms with Gasteiger partial charge in [0, 0.05) is 37.8 Å². The summed E-state index contributed by atoms with van der Waals surface area (Å²) in [5.74, 6) is 0.240. The lowest BCUT2D eigenvalue weighted by atomic mass is 9.84. The van der Waals surface area contributed by atoms with Crippen molar-refractivity contribution in [1.29, 1.82) is 0 Å². The van der Waals surface area contributed by atoms with Gasteiger partial charge >= 0.3 is 0 Å². The first-order valence-corrected chi connectivity index (χ1v) is 13.6. The Hall–Kier alpha value is -2.71. The van der Waals surface area contributed by atoms with E-state index in [9.17, 15) is 18.0 Å². The molecule has 0 bridgehead atoms. The fraction of sp³-hybridized carbons (Fsp3) is 0.462. The molecule has 1 saturated carbocycles. The van der Waals surface area contributed by atoms with Crippen LogP contribution >= 0.6 is 0 Å². The number of carbonyl (C=O) groups excluding carboxylic acids is 2. The van der Waals surface area contributed by atoms with Crippen molar-refractivity contribution >= 4 is 21.8 Å². The van der Waals surface area contributed by atoms with Crippen LogP contribution in [0.5, 0.6) is 0 Å². The Morgan fingerprint density at radius 2 is 1.41 bits per heavy atom. The molecule has 2 amide bonds. The fourth-order valence-electron chi connectivity index (χ4n) is 5.80. The largest absolute Gasteiger partial charge is 0.338 e. The maximum atomic E-state index is 13.7. The summed E-state index contributed by atoms with van der Waals surface area (Å²) in [4.78, 5) is 31.1. The normalized spacial score (nSPS) is 25.7. The molecule has 7 nitrogen and oxygen atoms in total. The Morgan fingerprint density at radius 3 is 2.09 bits per heavy atom. The Labute approximate surface area is 201 Å². The fourth-order valence-corrected chi connectivity index (χ4v) is 7.25. The molecule has 3 unspecified atom stereocenters. The predicted molar refractivity (Wildman–Crippen MR) is 129 cm³/mol.